The van der Waals surface area contributed by atoms with Crippen LogP contribution in [0, 0.1) is 0 Å². The molecule has 0 fully saturated rings. The van der Waals surface area contributed by atoms with Crippen molar-refractivity contribution in [3.05, 3.63) is 0 Å². The van der Waals surface area contributed by atoms with Crippen LogP contribution in [0.5, 0.6) is 0 Å². The average molecular weight is 343 g/mol. The van der Waals surface area contributed by atoms with E-state index in [0.29, 0.717) is 0 Å². The van der Waals surface area contributed by atoms with Crippen LogP contribution in [0.4, 0.5) is 0 Å². The molecule has 0 bridgehead atoms. The molecule has 0 unspecified atom stereocenters. The number of carbonyl (C=O) groups is 3. The molecule has 0 aliphatic carbocycles. The van der Waals surface area contributed by atoms with E-state index in [4.69, 9.17) is 5.11 Å². The summed E-state index contributed by atoms with van der Waals surface area (Å²) in [6.07, 6.45) is -2.72. The average Bonchev–Trinajstić information content (AvgIpc) is 1.82. The van der Waals surface area contributed by atoms with Crippen molar-refractivity contribution >= 4 is 17.9 Å². The molecular formula is C6H5AgNa2O7. The second-order valence-corrected chi connectivity index (χ2v) is 2.42. The molecule has 0 radical (unpaired) electrons. The van der Waals surface area contributed by atoms with Crippen LogP contribution in [0.1, 0.15) is 12.8 Å². The molecule has 16 heavy (non-hydrogen) atoms. The standard InChI is InChI=1S/C6H8O7.Ag.2Na/c7-3(8)1-6(13,5(11)12)2-4(9)10;;;/h13H,1-2H2,(H,7,8)(H,9,10)(H,11,12);;;/q;3*+1/p-3. The first-order valence-corrected chi connectivity index (χ1v) is 3.11. The minimum Gasteiger partial charge on any atom is -0.550 e. The fourth-order valence-corrected chi connectivity index (χ4v) is 0.684. The van der Waals surface area contributed by atoms with Gasteiger partial charge in [0.2, 0.25) is 0 Å². The third kappa shape index (κ3) is 10.3. The number of rotatable bonds is 5. The van der Waals surface area contributed by atoms with Crippen molar-refractivity contribution < 1.29 is 116 Å². The van der Waals surface area contributed by atoms with E-state index in [2.05, 4.69) is 0 Å². The molecule has 0 aliphatic heterocycles. The summed E-state index contributed by atoms with van der Waals surface area (Å²) in [5, 5.41) is 38.9. The molecule has 1 N–H and O–H groups in total. The van der Waals surface area contributed by atoms with Gasteiger partial charge in [-0.25, -0.2) is 0 Å². The van der Waals surface area contributed by atoms with E-state index in [1.54, 1.807) is 0 Å². The molecule has 7 nitrogen and oxygen atoms in total. The Morgan fingerprint density at radius 3 is 1.31 bits per heavy atom. The Kier molecular flexibility index (Phi) is 18.1. The number of hydrogen-bond donors (Lipinski definition) is 1. The number of aliphatic hydroxyl groups is 1. The normalized spacial score (nSPS) is 8.81. The first kappa shape index (κ1) is 25.8. The van der Waals surface area contributed by atoms with E-state index in [1.165, 1.54) is 0 Å². The Labute approximate surface area is 151 Å². The molecule has 10 heteroatoms. The zero-order valence-electron chi connectivity index (χ0n) is 8.61. The quantitative estimate of drug-likeness (QED) is 0.489. The summed E-state index contributed by atoms with van der Waals surface area (Å²) in [6, 6.07) is 0. The maximum atomic E-state index is 10.1. The minimum absolute atomic E-state index is 0. The number of hydrogen-bond acceptors (Lipinski definition) is 7. The number of aliphatic carboxylic acids is 3. The molecule has 0 aromatic carbocycles. The van der Waals surface area contributed by atoms with Crippen molar-refractivity contribution in [1.29, 1.82) is 0 Å². The van der Waals surface area contributed by atoms with E-state index in [0.717, 1.165) is 0 Å². The van der Waals surface area contributed by atoms with E-state index < -0.39 is 36.4 Å². The first-order valence-electron chi connectivity index (χ1n) is 3.11. The molecule has 0 rings (SSSR count). The maximum absolute atomic E-state index is 10.1. The predicted molar refractivity (Wildman–Crippen MR) is 29.2 cm³/mol. The summed E-state index contributed by atoms with van der Waals surface area (Å²) in [6.45, 7) is 0. The Bertz CT molecular complexity index is 241. The van der Waals surface area contributed by atoms with Crippen LogP contribution in [0.2, 0.25) is 0 Å². The van der Waals surface area contributed by atoms with Crippen LogP contribution in [0.3, 0.4) is 0 Å². The van der Waals surface area contributed by atoms with Gasteiger partial charge in [0.1, 0.15) is 5.60 Å². The fraction of sp³-hybridized carbons (Fsp3) is 0.500. The van der Waals surface area contributed by atoms with Crippen molar-refractivity contribution in [2.24, 2.45) is 0 Å². The molecule has 0 heterocycles. The molecule has 0 aromatic heterocycles. The van der Waals surface area contributed by atoms with Crippen molar-refractivity contribution in [2.75, 3.05) is 0 Å². The van der Waals surface area contributed by atoms with Gasteiger partial charge >= 0.3 is 81.5 Å². The monoisotopic (exact) mass is 342 g/mol. The van der Waals surface area contributed by atoms with Gasteiger partial charge in [-0.15, -0.1) is 0 Å². The second kappa shape index (κ2) is 11.2. The number of carbonyl (C=O) groups excluding carboxylic acids is 3. The molecule has 0 atom stereocenters. The zero-order valence-corrected chi connectivity index (χ0v) is 14.1. The van der Waals surface area contributed by atoms with Crippen LogP contribution < -0.4 is 74.4 Å². The molecule has 84 valence electrons. The Morgan fingerprint density at radius 1 is 0.938 bits per heavy atom. The fourth-order valence-electron chi connectivity index (χ4n) is 0.684. The van der Waals surface area contributed by atoms with Crippen molar-refractivity contribution in [3.63, 3.8) is 0 Å². The molecule has 0 aliphatic rings. The summed E-state index contributed by atoms with van der Waals surface area (Å²) in [7, 11) is 0. The van der Waals surface area contributed by atoms with Crippen LogP contribution in [0.15, 0.2) is 0 Å². The van der Waals surface area contributed by atoms with Crippen molar-refractivity contribution in [2.45, 2.75) is 18.4 Å². The topological polar surface area (TPSA) is 141 Å². The largest absolute Gasteiger partial charge is 1.00 e. The summed E-state index contributed by atoms with van der Waals surface area (Å²) in [5.41, 5.74) is -2.97. The van der Waals surface area contributed by atoms with Gasteiger partial charge < -0.3 is 34.8 Å². The second-order valence-electron chi connectivity index (χ2n) is 2.42. The third-order valence-corrected chi connectivity index (χ3v) is 1.25. The van der Waals surface area contributed by atoms with Crippen LogP contribution >= 0.6 is 0 Å². The molecule has 0 saturated heterocycles. The number of carboxylic acid groups (broad SMARTS) is 3. The van der Waals surface area contributed by atoms with Gasteiger partial charge in [-0.1, -0.05) is 0 Å². The van der Waals surface area contributed by atoms with Gasteiger partial charge in [0.15, 0.2) is 0 Å². The van der Waals surface area contributed by atoms with E-state index >= 15 is 0 Å². The number of carboxylic acids is 3. The zero-order chi connectivity index (χ0) is 10.6. The van der Waals surface area contributed by atoms with Crippen LogP contribution in [0.25, 0.3) is 0 Å². The Hall–Kier alpha value is 1.11. The van der Waals surface area contributed by atoms with E-state index in [1.807, 2.05) is 0 Å². The van der Waals surface area contributed by atoms with E-state index in [9.17, 15) is 29.7 Å². The molecule has 0 aromatic rings. The van der Waals surface area contributed by atoms with E-state index in [-0.39, 0.29) is 81.5 Å². The smallest absolute Gasteiger partial charge is 0.550 e. The van der Waals surface area contributed by atoms with Gasteiger partial charge in [0.05, 0.1) is 5.97 Å². The van der Waals surface area contributed by atoms with Gasteiger partial charge in [-0.05, 0) is 0 Å². The van der Waals surface area contributed by atoms with Gasteiger partial charge in [-0.2, -0.15) is 0 Å². The van der Waals surface area contributed by atoms with Gasteiger partial charge in [0.25, 0.3) is 0 Å². The van der Waals surface area contributed by atoms with Crippen LogP contribution in [-0.2, 0) is 36.8 Å². The maximum Gasteiger partial charge on any atom is 1.00 e. The third-order valence-electron chi connectivity index (χ3n) is 1.25. The van der Waals surface area contributed by atoms with Crippen molar-refractivity contribution in [1.82, 2.24) is 0 Å². The van der Waals surface area contributed by atoms with Gasteiger partial charge in [-0.3, -0.25) is 0 Å². The first-order chi connectivity index (χ1) is 5.78. The summed E-state index contributed by atoms with van der Waals surface area (Å²) >= 11 is 0. The molecule has 0 saturated carbocycles. The molecular weight excluding hydrogens is 338 g/mol. The summed E-state index contributed by atoms with van der Waals surface area (Å²) in [4.78, 5) is 30.0. The SMILES string of the molecule is O=C([O-])CC(O)(CC(=O)[O-])C(=O)[O-].[Ag+].[Na+].[Na+]. The van der Waals surface area contributed by atoms with Crippen molar-refractivity contribution in [3.8, 4) is 0 Å². The molecule has 0 spiro atoms. The summed E-state index contributed by atoms with van der Waals surface area (Å²) < 4.78 is 0. The predicted octanol–water partition coefficient (Wildman–Crippen LogP) is -11.2. The Morgan fingerprint density at radius 2 is 1.19 bits per heavy atom. The Balaban J connectivity index is -0.000000240. The minimum atomic E-state index is -2.97. The van der Waals surface area contributed by atoms with Gasteiger partial charge in [0, 0.05) is 24.8 Å². The van der Waals surface area contributed by atoms with Crippen LogP contribution in [-0.4, -0.2) is 28.6 Å². The summed E-state index contributed by atoms with van der Waals surface area (Å²) in [5.74, 6) is -5.98. The molecule has 0 amide bonds.